The van der Waals surface area contributed by atoms with Crippen LogP contribution in [0.4, 0.5) is 0 Å². The van der Waals surface area contributed by atoms with Crippen LogP contribution >= 0.6 is 0 Å². The Morgan fingerprint density at radius 1 is 1.16 bits per heavy atom. The van der Waals surface area contributed by atoms with Gasteiger partial charge in [-0.15, -0.1) is 0 Å². The number of aromatic amines is 1. The van der Waals surface area contributed by atoms with Crippen molar-refractivity contribution in [1.29, 1.82) is 0 Å². The highest BCUT2D eigenvalue weighted by Gasteiger charge is 2.35. The Morgan fingerprint density at radius 2 is 2.00 bits per heavy atom. The number of likely N-dealkylation sites (tertiary alicyclic amines) is 1. The average molecular weight is 425 g/mol. The average Bonchev–Trinajstić information content (AvgIpc) is 3.48. The molecule has 2 aliphatic heterocycles. The summed E-state index contributed by atoms with van der Waals surface area (Å²) in [5.74, 6) is 0.753. The van der Waals surface area contributed by atoms with Gasteiger partial charge in [-0.25, -0.2) is 4.98 Å². The predicted octanol–water partition coefficient (Wildman–Crippen LogP) is 2.65. The maximum atomic E-state index is 13.0. The van der Waals surface area contributed by atoms with Crippen LogP contribution in [0.3, 0.4) is 0 Å². The number of amides is 1. The van der Waals surface area contributed by atoms with Gasteiger partial charge in [0.25, 0.3) is 11.5 Å². The molecule has 1 N–H and O–H groups in total. The van der Waals surface area contributed by atoms with Gasteiger partial charge in [-0.1, -0.05) is 19.3 Å². The molecule has 1 saturated carbocycles. The van der Waals surface area contributed by atoms with Gasteiger partial charge >= 0.3 is 0 Å². The monoisotopic (exact) mass is 424 g/mol. The molecule has 4 heterocycles. The van der Waals surface area contributed by atoms with Gasteiger partial charge in [0.1, 0.15) is 11.5 Å². The maximum Gasteiger partial charge on any atom is 0.272 e. The normalized spacial score (nSPS) is 22.6. The van der Waals surface area contributed by atoms with E-state index in [9.17, 15) is 9.59 Å². The van der Waals surface area contributed by atoms with Crippen molar-refractivity contribution < 1.29 is 4.79 Å². The van der Waals surface area contributed by atoms with E-state index in [1.165, 1.54) is 32.1 Å². The lowest BCUT2D eigenvalue weighted by molar-refractivity contribution is 0.0719. The molecule has 8 nitrogen and oxygen atoms in total. The summed E-state index contributed by atoms with van der Waals surface area (Å²) in [5.41, 5.74) is 1.98. The molecule has 1 saturated heterocycles. The standard InChI is InChI=1S/C23H32N6O2/c1-2-29-20(10-12-24-29)23(31)27-14-11-18-17(15-27)22(30)26-21(25-18)19-9-6-13-28(19)16-7-4-3-5-8-16/h10,12,16,19H,2-9,11,13-15H2,1H3,(H,25,26,30)/t19-/m1/s1. The van der Waals surface area contributed by atoms with E-state index in [0.717, 1.165) is 30.9 Å². The Labute approximate surface area is 182 Å². The number of fused-ring (bicyclic) bond motifs is 1. The van der Waals surface area contributed by atoms with Crippen LogP contribution in [0.15, 0.2) is 17.1 Å². The molecular weight excluding hydrogens is 392 g/mol. The van der Waals surface area contributed by atoms with Crippen molar-refractivity contribution in [3.05, 3.63) is 45.4 Å². The third-order valence-corrected chi connectivity index (χ3v) is 7.26. The second kappa shape index (κ2) is 8.57. The highest BCUT2D eigenvalue weighted by atomic mass is 16.2. The Kier molecular flexibility index (Phi) is 5.65. The number of carbonyl (C=O) groups excluding carboxylic acids is 1. The summed E-state index contributed by atoms with van der Waals surface area (Å²) < 4.78 is 1.70. The molecule has 5 rings (SSSR count). The molecule has 31 heavy (non-hydrogen) atoms. The first-order valence-corrected chi connectivity index (χ1v) is 11.8. The summed E-state index contributed by atoms with van der Waals surface area (Å²) in [4.78, 5) is 38.4. The predicted molar refractivity (Wildman–Crippen MR) is 117 cm³/mol. The second-order valence-corrected chi connectivity index (χ2v) is 9.07. The summed E-state index contributed by atoms with van der Waals surface area (Å²) in [6.45, 7) is 4.59. The van der Waals surface area contributed by atoms with Crippen molar-refractivity contribution in [3.63, 3.8) is 0 Å². The molecule has 0 aromatic carbocycles. The Hall–Kier alpha value is -2.48. The Bertz CT molecular complexity index is 1010. The van der Waals surface area contributed by atoms with Gasteiger partial charge in [0, 0.05) is 31.7 Å². The van der Waals surface area contributed by atoms with E-state index in [1.54, 1.807) is 21.8 Å². The first kappa shape index (κ1) is 20.4. The molecule has 1 aliphatic carbocycles. The van der Waals surface area contributed by atoms with Crippen LogP contribution in [0.2, 0.25) is 0 Å². The number of carbonyl (C=O) groups is 1. The molecule has 2 aromatic rings. The molecule has 0 unspecified atom stereocenters. The molecule has 2 fully saturated rings. The Morgan fingerprint density at radius 3 is 2.81 bits per heavy atom. The molecular formula is C23H32N6O2. The molecule has 0 radical (unpaired) electrons. The smallest absolute Gasteiger partial charge is 0.272 e. The largest absolute Gasteiger partial charge is 0.332 e. The lowest BCUT2D eigenvalue weighted by atomic mass is 9.93. The summed E-state index contributed by atoms with van der Waals surface area (Å²) in [6.07, 6.45) is 11.0. The molecule has 0 bridgehead atoms. The van der Waals surface area contributed by atoms with Gasteiger partial charge in [0.05, 0.1) is 23.8 Å². The lowest BCUT2D eigenvalue weighted by Crippen LogP contribution is -2.41. The minimum atomic E-state index is -0.0861. The van der Waals surface area contributed by atoms with Gasteiger partial charge < -0.3 is 9.88 Å². The zero-order chi connectivity index (χ0) is 21.4. The minimum Gasteiger partial charge on any atom is -0.332 e. The van der Waals surface area contributed by atoms with Gasteiger partial charge in [-0.2, -0.15) is 5.10 Å². The van der Waals surface area contributed by atoms with Crippen LogP contribution in [0.1, 0.15) is 85.5 Å². The second-order valence-electron chi connectivity index (χ2n) is 9.07. The summed E-state index contributed by atoms with van der Waals surface area (Å²) >= 11 is 0. The fourth-order valence-corrected chi connectivity index (χ4v) is 5.64. The highest BCUT2D eigenvalue weighted by Crippen LogP contribution is 2.36. The zero-order valence-corrected chi connectivity index (χ0v) is 18.3. The van der Waals surface area contributed by atoms with Crippen LogP contribution in [0.25, 0.3) is 0 Å². The number of nitrogens with zero attached hydrogens (tertiary/aromatic N) is 5. The first-order valence-electron chi connectivity index (χ1n) is 11.8. The van der Waals surface area contributed by atoms with Crippen LogP contribution in [-0.4, -0.2) is 54.6 Å². The number of H-pyrrole nitrogens is 1. The van der Waals surface area contributed by atoms with E-state index in [-0.39, 0.29) is 17.5 Å². The fourth-order valence-electron chi connectivity index (χ4n) is 5.64. The number of nitrogens with one attached hydrogen (secondary N) is 1. The van der Waals surface area contributed by atoms with Gasteiger partial charge in [-0.3, -0.25) is 19.2 Å². The fraction of sp³-hybridized carbons (Fsp3) is 0.652. The van der Waals surface area contributed by atoms with Crippen molar-refractivity contribution in [2.24, 2.45) is 0 Å². The van der Waals surface area contributed by atoms with E-state index in [1.807, 2.05) is 6.92 Å². The van der Waals surface area contributed by atoms with Crippen molar-refractivity contribution in [3.8, 4) is 0 Å². The topological polar surface area (TPSA) is 87.1 Å². The van der Waals surface area contributed by atoms with E-state index in [0.29, 0.717) is 43.4 Å². The third-order valence-electron chi connectivity index (χ3n) is 7.26. The number of rotatable bonds is 4. The first-order chi connectivity index (χ1) is 15.2. The van der Waals surface area contributed by atoms with Crippen molar-refractivity contribution in [2.75, 3.05) is 13.1 Å². The van der Waals surface area contributed by atoms with Gasteiger partial charge in [0.15, 0.2) is 0 Å². The summed E-state index contributed by atoms with van der Waals surface area (Å²) in [5, 5.41) is 4.20. The number of aryl methyl sites for hydroxylation is 1. The van der Waals surface area contributed by atoms with Gasteiger partial charge in [-0.05, 0) is 45.2 Å². The summed E-state index contributed by atoms with van der Waals surface area (Å²) in [6, 6.07) is 2.59. The number of hydrogen-bond donors (Lipinski definition) is 1. The maximum absolute atomic E-state index is 13.0. The third kappa shape index (κ3) is 3.82. The SMILES string of the molecule is CCn1nccc1C(=O)N1CCc2nc([C@H]3CCCN3C3CCCCC3)[nH]c(=O)c2C1. The van der Waals surface area contributed by atoms with Crippen molar-refractivity contribution >= 4 is 5.91 Å². The number of hydrogen-bond acceptors (Lipinski definition) is 5. The molecule has 2 aromatic heterocycles. The van der Waals surface area contributed by atoms with E-state index in [2.05, 4.69) is 15.0 Å². The van der Waals surface area contributed by atoms with Crippen molar-refractivity contribution in [2.45, 2.75) is 83.5 Å². The van der Waals surface area contributed by atoms with E-state index >= 15 is 0 Å². The quantitative estimate of drug-likeness (QED) is 0.815. The molecule has 166 valence electrons. The van der Waals surface area contributed by atoms with Gasteiger partial charge in [0.2, 0.25) is 0 Å². The molecule has 0 spiro atoms. The van der Waals surface area contributed by atoms with Crippen LogP contribution in [0.5, 0.6) is 0 Å². The Balaban J connectivity index is 1.37. The lowest BCUT2D eigenvalue weighted by Gasteiger charge is -2.35. The van der Waals surface area contributed by atoms with Crippen LogP contribution in [-0.2, 0) is 19.5 Å². The van der Waals surface area contributed by atoms with E-state index in [4.69, 9.17) is 4.98 Å². The van der Waals surface area contributed by atoms with E-state index < -0.39 is 0 Å². The molecule has 3 aliphatic rings. The van der Waals surface area contributed by atoms with Crippen LogP contribution < -0.4 is 5.56 Å². The number of aromatic nitrogens is 4. The zero-order valence-electron chi connectivity index (χ0n) is 18.3. The summed E-state index contributed by atoms with van der Waals surface area (Å²) in [7, 11) is 0. The molecule has 1 amide bonds. The minimum absolute atomic E-state index is 0.0762. The highest BCUT2D eigenvalue weighted by molar-refractivity contribution is 5.92. The van der Waals surface area contributed by atoms with Crippen LogP contribution in [0, 0.1) is 0 Å². The van der Waals surface area contributed by atoms with Crippen molar-refractivity contribution in [1.82, 2.24) is 29.5 Å². The molecule has 1 atom stereocenters. The molecule has 8 heteroatoms.